The van der Waals surface area contributed by atoms with Crippen molar-refractivity contribution in [2.75, 3.05) is 18.5 Å². The van der Waals surface area contributed by atoms with Crippen LogP contribution >= 0.6 is 11.8 Å². The van der Waals surface area contributed by atoms with Gasteiger partial charge in [0.2, 0.25) is 0 Å². The quantitative estimate of drug-likeness (QED) is 0.764. The molecule has 0 spiro atoms. The Hall–Kier alpha value is -1.26. The summed E-state index contributed by atoms with van der Waals surface area (Å²) in [6, 6.07) is 5.73. The molecule has 0 atom stereocenters. The third-order valence-electron chi connectivity index (χ3n) is 2.18. The van der Waals surface area contributed by atoms with Crippen LogP contribution in [0.3, 0.4) is 0 Å². The van der Waals surface area contributed by atoms with Crippen molar-refractivity contribution in [3.8, 4) is 5.75 Å². The second kappa shape index (κ2) is 4.51. The summed E-state index contributed by atoms with van der Waals surface area (Å²) < 4.78 is 5.24. The lowest BCUT2D eigenvalue weighted by Gasteiger charge is -2.18. The first-order valence-electron chi connectivity index (χ1n) is 4.68. The van der Waals surface area contributed by atoms with Gasteiger partial charge in [0, 0.05) is 6.54 Å². The zero-order valence-corrected chi connectivity index (χ0v) is 8.80. The van der Waals surface area contributed by atoms with Gasteiger partial charge in [-0.3, -0.25) is 4.79 Å². The summed E-state index contributed by atoms with van der Waals surface area (Å²) in [5, 5.41) is 2.76. The summed E-state index contributed by atoms with van der Waals surface area (Å²) in [5.41, 5.74) is 1.84. The third-order valence-corrected chi connectivity index (χ3v) is 2.37. The van der Waals surface area contributed by atoms with Gasteiger partial charge in [0.1, 0.15) is 5.75 Å². The van der Waals surface area contributed by atoms with Gasteiger partial charge in [-0.1, -0.05) is 6.07 Å². The molecule has 1 aliphatic heterocycles. The number of hydrogen-bond donors (Lipinski definition) is 2. The molecule has 0 aliphatic carbocycles. The summed E-state index contributed by atoms with van der Waals surface area (Å²) in [6.45, 7) is 0.782. The van der Waals surface area contributed by atoms with Crippen LogP contribution in [-0.4, -0.2) is 19.1 Å². The fourth-order valence-corrected chi connectivity index (χ4v) is 1.57. The second-order valence-corrected chi connectivity index (χ2v) is 3.57. The highest BCUT2D eigenvalue weighted by Crippen LogP contribution is 2.28. The van der Waals surface area contributed by atoms with Gasteiger partial charge in [0.25, 0.3) is 5.91 Å². The summed E-state index contributed by atoms with van der Waals surface area (Å²) in [5.74, 6) is 0.604. The van der Waals surface area contributed by atoms with E-state index in [1.165, 1.54) is 0 Å². The Morgan fingerprint density at radius 3 is 3.20 bits per heavy atom. The molecular formula is C10H11ClN2O2. The SMILES string of the molecule is O=C1COc2ccc(CCNCl)cc2N1. The minimum Gasteiger partial charge on any atom is -0.482 e. The minimum atomic E-state index is -0.116. The smallest absolute Gasteiger partial charge is 0.262 e. The average Bonchev–Trinajstić information content (AvgIpc) is 2.25. The highest BCUT2D eigenvalue weighted by Gasteiger charge is 2.15. The van der Waals surface area contributed by atoms with E-state index in [1.54, 1.807) is 0 Å². The van der Waals surface area contributed by atoms with Crippen molar-refractivity contribution in [3.05, 3.63) is 23.8 Å². The Morgan fingerprint density at radius 1 is 1.53 bits per heavy atom. The normalized spacial score (nSPS) is 14.1. The van der Waals surface area contributed by atoms with E-state index in [1.807, 2.05) is 18.2 Å². The van der Waals surface area contributed by atoms with E-state index in [-0.39, 0.29) is 12.5 Å². The van der Waals surface area contributed by atoms with Crippen molar-refractivity contribution in [3.63, 3.8) is 0 Å². The third kappa shape index (κ3) is 2.40. The molecule has 1 aromatic rings. The first-order valence-corrected chi connectivity index (χ1v) is 5.06. The molecule has 1 aromatic carbocycles. The lowest BCUT2D eigenvalue weighted by Crippen LogP contribution is -2.25. The number of fused-ring (bicyclic) bond motifs is 1. The lowest BCUT2D eigenvalue weighted by atomic mass is 10.1. The van der Waals surface area contributed by atoms with Gasteiger partial charge in [-0.05, 0) is 35.9 Å². The standard InChI is InChI=1S/C10H11ClN2O2/c11-12-4-3-7-1-2-9-8(5-7)13-10(14)6-15-9/h1-2,5,12H,3-4,6H2,(H,13,14). The Bertz CT molecular complexity index is 382. The number of carbonyl (C=O) groups excluding carboxylic acids is 1. The Labute approximate surface area is 92.7 Å². The van der Waals surface area contributed by atoms with Crippen LogP contribution in [0.4, 0.5) is 5.69 Å². The van der Waals surface area contributed by atoms with Crippen molar-refractivity contribution in [2.24, 2.45) is 0 Å². The molecule has 0 fully saturated rings. The van der Waals surface area contributed by atoms with Gasteiger partial charge in [-0.25, -0.2) is 4.84 Å². The molecule has 0 radical (unpaired) electrons. The molecule has 5 heteroatoms. The number of amides is 1. The molecule has 1 amide bonds. The molecule has 0 saturated heterocycles. The molecule has 2 rings (SSSR count). The Balaban J connectivity index is 2.17. The molecule has 0 unspecified atom stereocenters. The Morgan fingerprint density at radius 2 is 2.40 bits per heavy atom. The number of benzene rings is 1. The van der Waals surface area contributed by atoms with E-state index in [4.69, 9.17) is 16.5 Å². The van der Waals surface area contributed by atoms with Gasteiger partial charge in [-0.2, -0.15) is 0 Å². The fourth-order valence-electron chi connectivity index (χ4n) is 1.48. The average molecular weight is 227 g/mol. The lowest BCUT2D eigenvalue weighted by molar-refractivity contribution is -0.118. The van der Waals surface area contributed by atoms with Crippen molar-refractivity contribution < 1.29 is 9.53 Å². The number of carbonyl (C=O) groups is 1. The van der Waals surface area contributed by atoms with Crippen molar-refractivity contribution in [1.29, 1.82) is 0 Å². The molecule has 0 aromatic heterocycles. The number of rotatable bonds is 3. The van der Waals surface area contributed by atoms with E-state index in [9.17, 15) is 4.79 Å². The summed E-state index contributed by atoms with van der Waals surface area (Å²) in [7, 11) is 0. The predicted octanol–water partition coefficient (Wildman–Crippen LogP) is 1.30. The largest absolute Gasteiger partial charge is 0.482 e. The summed E-state index contributed by atoms with van der Waals surface area (Å²) in [6.07, 6.45) is 0.812. The molecule has 80 valence electrons. The number of halogens is 1. The van der Waals surface area contributed by atoms with E-state index in [0.717, 1.165) is 23.4 Å². The van der Waals surface area contributed by atoms with Crippen LogP contribution in [-0.2, 0) is 11.2 Å². The van der Waals surface area contributed by atoms with Crippen molar-refractivity contribution >= 4 is 23.4 Å². The van der Waals surface area contributed by atoms with Gasteiger partial charge < -0.3 is 10.1 Å². The fraction of sp³-hybridized carbons (Fsp3) is 0.300. The van der Waals surface area contributed by atoms with Crippen LogP contribution < -0.4 is 14.9 Å². The molecular weight excluding hydrogens is 216 g/mol. The molecule has 0 saturated carbocycles. The highest BCUT2D eigenvalue weighted by atomic mass is 35.5. The molecule has 4 nitrogen and oxygen atoms in total. The maximum Gasteiger partial charge on any atom is 0.262 e. The summed E-state index contributed by atoms with van der Waals surface area (Å²) in [4.78, 5) is 13.6. The zero-order valence-electron chi connectivity index (χ0n) is 8.05. The number of hydrogen-bond acceptors (Lipinski definition) is 3. The van der Waals surface area contributed by atoms with Crippen LogP contribution in [0.1, 0.15) is 5.56 Å². The maximum atomic E-state index is 11.1. The van der Waals surface area contributed by atoms with E-state index < -0.39 is 0 Å². The van der Waals surface area contributed by atoms with Crippen LogP contribution in [0.25, 0.3) is 0 Å². The number of anilines is 1. The molecule has 15 heavy (non-hydrogen) atoms. The van der Waals surface area contributed by atoms with Gasteiger partial charge in [-0.15, -0.1) is 0 Å². The van der Waals surface area contributed by atoms with Gasteiger partial charge >= 0.3 is 0 Å². The monoisotopic (exact) mass is 226 g/mol. The van der Waals surface area contributed by atoms with E-state index in [0.29, 0.717) is 6.54 Å². The second-order valence-electron chi connectivity index (χ2n) is 3.30. The first-order chi connectivity index (χ1) is 7.29. The Kier molecular flexibility index (Phi) is 3.08. The maximum absolute atomic E-state index is 11.1. The first kappa shape index (κ1) is 10.3. The van der Waals surface area contributed by atoms with Crippen LogP contribution in [0.5, 0.6) is 5.75 Å². The van der Waals surface area contributed by atoms with E-state index >= 15 is 0 Å². The highest BCUT2D eigenvalue weighted by molar-refractivity contribution is 6.13. The number of nitrogens with one attached hydrogen (secondary N) is 2. The van der Waals surface area contributed by atoms with Crippen LogP contribution in [0.2, 0.25) is 0 Å². The topological polar surface area (TPSA) is 50.4 Å². The molecule has 2 N–H and O–H groups in total. The van der Waals surface area contributed by atoms with Crippen molar-refractivity contribution in [2.45, 2.75) is 6.42 Å². The molecule has 1 heterocycles. The minimum absolute atomic E-state index is 0.0928. The summed E-state index contributed by atoms with van der Waals surface area (Å²) >= 11 is 5.37. The predicted molar refractivity (Wildman–Crippen MR) is 58.1 cm³/mol. The zero-order chi connectivity index (χ0) is 10.7. The van der Waals surface area contributed by atoms with Crippen LogP contribution in [0, 0.1) is 0 Å². The van der Waals surface area contributed by atoms with Gasteiger partial charge in [0.15, 0.2) is 6.61 Å². The van der Waals surface area contributed by atoms with Gasteiger partial charge in [0.05, 0.1) is 5.69 Å². The molecule has 1 aliphatic rings. The van der Waals surface area contributed by atoms with E-state index in [2.05, 4.69) is 10.2 Å². The van der Waals surface area contributed by atoms with Crippen LogP contribution in [0.15, 0.2) is 18.2 Å². The number of ether oxygens (including phenoxy) is 1. The molecule has 0 bridgehead atoms. The van der Waals surface area contributed by atoms with Crippen molar-refractivity contribution in [1.82, 2.24) is 4.84 Å².